The first-order valence-electron chi connectivity index (χ1n) is 16.5. The Hall–Kier alpha value is -1.98. The van der Waals surface area contributed by atoms with Gasteiger partial charge in [-0.3, -0.25) is 9.69 Å². The van der Waals surface area contributed by atoms with Crippen molar-refractivity contribution in [2.45, 2.75) is 115 Å². The van der Waals surface area contributed by atoms with E-state index in [1.54, 1.807) is 0 Å². The van der Waals surface area contributed by atoms with E-state index in [1.807, 2.05) is 0 Å². The summed E-state index contributed by atoms with van der Waals surface area (Å²) in [5, 5.41) is 3.38. The molecule has 1 N–H and O–H groups in total. The molecule has 2 aromatic carbocycles. The van der Waals surface area contributed by atoms with E-state index >= 15 is 0 Å². The summed E-state index contributed by atoms with van der Waals surface area (Å²) >= 11 is 4.75. The number of rotatable bonds is 18. The van der Waals surface area contributed by atoms with Gasteiger partial charge < -0.3 is 10.2 Å². The minimum Gasteiger partial charge on any atom is -0.369 e. The van der Waals surface area contributed by atoms with Gasteiger partial charge in [-0.2, -0.15) is 12.6 Å². The van der Waals surface area contributed by atoms with Crippen LogP contribution < -0.4 is 10.2 Å². The molecule has 0 radical (unpaired) electrons. The van der Waals surface area contributed by atoms with E-state index in [2.05, 4.69) is 91.3 Å². The van der Waals surface area contributed by atoms with Crippen molar-refractivity contribution >= 4 is 29.9 Å². The lowest BCUT2D eigenvalue weighted by atomic mass is 9.92. The third-order valence-electron chi connectivity index (χ3n) is 8.56. The van der Waals surface area contributed by atoms with Crippen molar-refractivity contribution in [2.24, 2.45) is 0 Å². The molecule has 1 aliphatic rings. The molecule has 1 heterocycles. The van der Waals surface area contributed by atoms with Crippen LogP contribution in [0.2, 0.25) is 0 Å². The van der Waals surface area contributed by atoms with Gasteiger partial charge in [0.25, 0.3) is 0 Å². The monoisotopic (exact) mass is 579 g/mol. The lowest BCUT2D eigenvalue weighted by Gasteiger charge is -2.36. The summed E-state index contributed by atoms with van der Waals surface area (Å²) in [5.41, 5.74) is 4.82. The molecule has 1 unspecified atom stereocenters. The normalized spacial score (nSPS) is 15.0. The molecule has 1 atom stereocenters. The molecular formula is C36H57N3OS. The Morgan fingerprint density at radius 1 is 0.732 bits per heavy atom. The molecule has 5 heteroatoms. The van der Waals surface area contributed by atoms with E-state index in [9.17, 15) is 4.79 Å². The van der Waals surface area contributed by atoms with Gasteiger partial charge >= 0.3 is 0 Å². The summed E-state index contributed by atoms with van der Waals surface area (Å²) in [6.07, 6.45) is 13.3. The number of hydrogen-bond donors (Lipinski definition) is 2. The molecule has 41 heavy (non-hydrogen) atoms. The first kappa shape index (κ1) is 33.5. The Morgan fingerprint density at radius 2 is 1.27 bits per heavy atom. The second kappa shape index (κ2) is 18.5. The number of anilines is 2. The number of piperazine rings is 1. The fourth-order valence-corrected chi connectivity index (χ4v) is 6.37. The number of thiol groups is 1. The number of para-hydroxylation sites is 2. The fourth-order valence-electron chi connectivity index (χ4n) is 6.02. The van der Waals surface area contributed by atoms with Crippen LogP contribution in [0.5, 0.6) is 0 Å². The summed E-state index contributed by atoms with van der Waals surface area (Å²) in [6, 6.07) is 17.2. The highest BCUT2D eigenvalue weighted by Crippen LogP contribution is 2.32. The maximum absolute atomic E-state index is 12.8. The Kier molecular flexibility index (Phi) is 15.2. The van der Waals surface area contributed by atoms with Crippen molar-refractivity contribution in [3.8, 4) is 0 Å². The van der Waals surface area contributed by atoms with E-state index in [1.165, 1.54) is 94.2 Å². The van der Waals surface area contributed by atoms with Crippen LogP contribution in [0.15, 0.2) is 48.5 Å². The van der Waals surface area contributed by atoms with Crippen LogP contribution in [0.3, 0.4) is 0 Å². The van der Waals surface area contributed by atoms with Gasteiger partial charge in [-0.05, 0) is 54.5 Å². The third-order valence-corrected chi connectivity index (χ3v) is 9.00. The van der Waals surface area contributed by atoms with Crippen molar-refractivity contribution in [3.63, 3.8) is 0 Å². The number of nitrogens with zero attached hydrogens (tertiary/aromatic N) is 2. The molecule has 0 aromatic heterocycles. The van der Waals surface area contributed by atoms with Gasteiger partial charge in [-0.25, -0.2) is 0 Å². The Balaban J connectivity index is 1.17. The molecule has 1 saturated heterocycles. The number of hydrogen-bond acceptors (Lipinski definition) is 4. The first-order chi connectivity index (χ1) is 19.8. The van der Waals surface area contributed by atoms with Crippen LogP contribution in [-0.2, 0) is 4.79 Å². The number of carbonyl (C=O) groups is 1. The van der Waals surface area contributed by atoms with Gasteiger partial charge in [0.05, 0.1) is 0 Å². The maximum atomic E-state index is 12.8. The predicted octanol–water partition coefficient (Wildman–Crippen LogP) is 9.28. The minimum atomic E-state index is 0.0921. The van der Waals surface area contributed by atoms with Crippen LogP contribution in [0.1, 0.15) is 121 Å². The fraction of sp³-hybridized carbons (Fsp3) is 0.639. The molecule has 1 fully saturated rings. The Morgan fingerprint density at radius 3 is 1.83 bits per heavy atom. The van der Waals surface area contributed by atoms with Crippen molar-refractivity contribution in [3.05, 3.63) is 59.7 Å². The van der Waals surface area contributed by atoms with E-state index in [0.717, 1.165) is 25.2 Å². The van der Waals surface area contributed by atoms with Crippen molar-refractivity contribution in [2.75, 3.05) is 42.9 Å². The molecular weight excluding hydrogens is 522 g/mol. The number of benzene rings is 2. The molecule has 1 amide bonds. The molecule has 4 nitrogen and oxygen atoms in total. The lowest BCUT2D eigenvalue weighted by Crippen LogP contribution is -2.46. The smallest absolute Gasteiger partial charge is 0.225 e. The van der Waals surface area contributed by atoms with E-state index in [0.29, 0.717) is 18.3 Å². The zero-order valence-electron chi connectivity index (χ0n) is 26.4. The number of carbonyl (C=O) groups excluding carboxylic acids is 1. The second-order valence-electron chi connectivity index (χ2n) is 12.7. The zero-order valence-corrected chi connectivity index (χ0v) is 27.3. The van der Waals surface area contributed by atoms with E-state index < -0.39 is 0 Å². The predicted molar refractivity (Wildman–Crippen MR) is 182 cm³/mol. The van der Waals surface area contributed by atoms with Gasteiger partial charge in [-0.15, -0.1) is 0 Å². The van der Waals surface area contributed by atoms with Crippen LogP contribution in [0.4, 0.5) is 11.4 Å². The zero-order chi connectivity index (χ0) is 29.5. The van der Waals surface area contributed by atoms with Crippen LogP contribution in [0.25, 0.3) is 0 Å². The van der Waals surface area contributed by atoms with E-state index in [4.69, 9.17) is 12.6 Å². The van der Waals surface area contributed by atoms with Crippen LogP contribution in [0, 0.1) is 0 Å². The maximum Gasteiger partial charge on any atom is 0.225 e. The number of unbranched alkanes of at least 4 members (excludes halogenated alkanes) is 8. The van der Waals surface area contributed by atoms with Gasteiger partial charge in [0.15, 0.2) is 0 Å². The summed E-state index contributed by atoms with van der Waals surface area (Å²) < 4.78 is 0. The van der Waals surface area contributed by atoms with Gasteiger partial charge in [0.2, 0.25) is 5.91 Å². The van der Waals surface area contributed by atoms with Crippen molar-refractivity contribution in [1.82, 2.24) is 4.90 Å². The van der Waals surface area contributed by atoms with Gasteiger partial charge in [0, 0.05) is 49.2 Å². The summed E-state index contributed by atoms with van der Waals surface area (Å²) in [6.45, 7) is 14.7. The highest BCUT2D eigenvalue weighted by Gasteiger charge is 2.18. The molecule has 3 rings (SSSR count). The van der Waals surface area contributed by atoms with Crippen LogP contribution >= 0.6 is 12.6 Å². The molecule has 228 valence electrons. The third kappa shape index (κ3) is 12.0. The lowest BCUT2D eigenvalue weighted by molar-refractivity contribution is -0.116. The molecule has 0 saturated carbocycles. The summed E-state index contributed by atoms with van der Waals surface area (Å²) in [4.78, 5) is 18.0. The van der Waals surface area contributed by atoms with Crippen LogP contribution in [-0.4, -0.2) is 48.8 Å². The van der Waals surface area contributed by atoms with Gasteiger partial charge in [0.1, 0.15) is 0 Å². The molecule has 1 aliphatic heterocycles. The van der Waals surface area contributed by atoms with Gasteiger partial charge in [-0.1, -0.05) is 115 Å². The SMILES string of the molecule is CC(C)c1cccc(C(C)C)c1NC(=O)CC(S)CCCCCCCCCCCN1CCN(c2ccccc2)CC1. The summed E-state index contributed by atoms with van der Waals surface area (Å²) in [5.74, 6) is 0.847. The molecule has 2 aromatic rings. The molecule has 0 aliphatic carbocycles. The highest BCUT2D eigenvalue weighted by atomic mass is 32.1. The largest absolute Gasteiger partial charge is 0.369 e. The second-order valence-corrected chi connectivity index (χ2v) is 13.4. The average molecular weight is 580 g/mol. The standard InChI is InChI=1S/C36H57N3OS/c1-29(2)33-21-17-22-34(30(3)4)36(33)37-35(40)28-32(41)20-15-10-8-6-5-7-9-11-16-23-38-24-26-39(27-25-38)31-18-13-12-14-19-31/h12-14,17-19,21-22,29-30,32,41H,5-11,15-16,20,23-28H2,1-4H3,(H,37,40). The Bertz CT molecular complexity index is 975. The average Bonchev–Trinajstić information content (AvgIpc) is 2.96. The van der Waals surface area contributed by atoms with E-state index in [-0.39, 0.29) is 11.2 Å². The number of nitrogens with one attached hydrogen (secondary N) is 1. The number of amides is 1. The topological polar surface area (TPSA) is 35.6 Å². The quantitative estimate of drug-likeness (QED) is 0.136. The minimum absolute atomic E-state index is 0.0921. The molecule has 0 spiro atoms. The van der Waals surface area contributed by atoms with Crippen molar-refractivity contribution in [1.29, 1.82) is 0 Å². The molecule has 0 bridgehead atoms. The first-order valence-corrected chi connectivity index (χ1v) is 17.0. The highest BCUT2D eigenvalue weighted by molar-refractivity contribution is 7.81. The Labute approximate surface area is 257 Å². The summed E-state index contributed by atoms with van der Waals surface area (Å²) in [7, 11) is 0. The van der Waals surface area contributed by atoms with Crippen molar-refractivity contribution < 1.29 is 4.79 Å².